The Labute approximate surface area is 128 Å². The molecule has 0 amide bonds. The van der Waals surface area contributed by atoms with Gasteiger partial charge in [0.25, 0.3) is 0 Å². The van der Waals surface area contributed by atoms with Gasteiger partial charge in [-0.25, -0.2) is 0 Å². The lowest BCUT2D eigenvalue weighted by Crippen LogP contribution is -2.50. The van der Waals surface area contributed by atoms with E-state index in [1.54, 1.807) is 7.11 Å². The molecule has 4 heteroatoms. The van der Waals surface area contributed by atoms with Crippen molar-refractivity contribution in [2.75, 3.05) is 51.3 Å². The first kappa shape index (κ1) is 16.1. The van der Waals surface area contributed by atoms with Crippen LogP contribution in [0.2, 0.25) is 0 Å². The predicted octanol–water partition coefficient (Wildman–Crippen LogP) is 2.23. The van der Waals surface area contributed by atoms with E-state index in [9.17, 15) is 5.11 Å². The second-order valence-electron chi connectivity index (χ2n) is 6.26. The topological polar surface area (TPSA) is 35.9 Å². The van der Waals surface area contributed by atoms with Crippen LogP contribution < -0.4 is 9.64 Å². The lowest BCUT2D eigenvalue weighted by atomic mass is 9.88. The third-order valence-electron chi connectivity index (χ3n) is 4.64. The first-order valence-corrected chi connectivity index (χ1v) is 7.83. The number of ether oxygens (including phenoxy) is 1. The van der Waals surface area contributed by atoms with Crippen molar-refractivity contribution in [1.82, 2.24) is 4.90 Å². The van der Waals surface area contributed by atoms with Crippen molar-refractivity contribution in [1.29, 1.82) is 0 Å². The van der Waals surface area contributed by atoms with Crippen LogP contribution in [0, 0.1) is 5.41 Å². The molecule has 1 N–H and O–H groups in total. The fraction of sp³-hybridized carbons (Fsp3) is 0.647. The number of anilines is 1. The molecule has 118 valence electrons. The average Bonchev–Trinajstić information content (AvgIpc) is 2.55. The summed E-state index contributed by atoms with van der Waals surface area (Å²) in [4.78, 5) is 4.85. The van der Waals surface area contributed by atoms with Gasteiger partial charge in [0.2, 0.25) is 0 Å². The maximum absolute atomic E-state index is 9.56. The van der Waals surface area contributed by atoms with Gasteiger partial charge < -0.3 is 14.7 Å². The number of para-hydroxylation sites is 2. The quantitative estimate of drug-likeness (QED) is 0.872. The highest BCUT2D eigenvalue weighted by molar-refractivity contribution is 5.58. The highest BCUT2D eigenvalue weighted by Gasteiger charge is 2.27. The van der Waals surface area contributed by atoms with Gasteiger partial charge in [-0.3, -0.25) is 4.90 Å². The Bertz CT molecular complexity index is 438. The summed E-state index contributed by atoms with van der Waals surface area (Å²) in [6.45, 7) is 9.63. The molecule has 4 nitrogen and oxygen atoms in total. The van der Waals surface area contributed by atoms with Crippen molar-refractivity contribution in [2.45, 2.75) is 20.3 Å². The molecule has 1 aliphatic rings. The van der Waals surface area contributed by atoms with Crippen LogP contribution in [0.15, 0.2) is 24.3 Å². The summed E-state index contributed by atoms with van der Waals surface area (Å²) < 4.78 is 5.45. The Hall–Kier alpha value is -1.26. The standard InChI is InChI=1S/C17H28N2O2/c1-4-17(2,14-20)13-18-9-11-19(12-10-18)15-7-5-6-8-16(15)21-3/h5-8,20H,4,9-14H2,1-3H3. The van der Waals surface area contributed by atoms with Gasteiger partial charge in [0.05, 0.1) is 12.8 Å². The maximum Gasteiger partial charge on any atom is 0.142 e. The molecule has 0 aromatic heterocycles. The minimum atomic E-state index is 0.0204. The summed E-state index contributed by atoms with van der Waals surface area (Å²) >= 11 is 0. The fourth-order valence-electron chi connectivity index (χ4n) is 2.85. The van der Waals surface area contributed by atoms with Crippen molar-refractivity contribution >= 4 is 5.69 Å². The normalized spacial score (nSPS) is 19.3. The van der Waals surface area contributed by atoms with E-state index in [-0.39, 0.29) is 12.0 Å². The molecule has 0 aliphatic carbocycles. The van der Waals surface area contributed by atoms with Gasteiger partial charge >= 0.3 is 0 Å². The number of methoxy groups -OCH3 is 1. The summed E-state index contributed by atoms with van der Waals surface area (Å²) in [5.41, 5.74) is 1.20. The molecule has 1 saturated heterocycles. The second-order valence-corrected chi connectivity index (χ2v) is 6.26. The highest BCUT2D eigenvalue weighted by atomic mass is 16.5. The SMILES string of the molecule is CCC(C)(CO)CN1CCN(c2ccccc2OC)CC1. The summed E-state index contributed by atoms with van der Waals surface area (Å²) in [6, 6.07) is 8.21. The smallest absolute Gasteiger partial charge is 0.142 e. The van der Waals surface area contributed by atoms with E-state index in [1.807, 2.05) is 12.1 Å². The number of rotatable bonds is 6. The minimum Gasteiger partial charge on any atom is -0.495 e. The van der Waals surface area contributed by atoms with Gasteiger partial charge in [-0.2, -0.15) is 0 Å². The molecule has 1 aromatic carbocycles. The largest absolute Gasteiger partial charge is 0.495 e. The van der Waals surface area contributed by atoms with Crippen LogP contribution in [0.25, 0.3) is 0 Å². The lowest BCUT2D eigenvalue weighted by molar-refractivity contribution is 0.0818. The van der Waals surface area contributed by atoms with Gasteiger partial charge in [0, 0.05) is 44.7 Å². The van der Waals surface area contributed by atoms with E-state index in [4.69, 9.17) is 4.74 Å². The molecule has 0 saturated carbocycles. The van der Waals surface area contributed by atoms with Gasteiger partial charge in [0.15, 0.2) is 0 Å². The van der Waals surface area contributed by atoms with Crippen molar-refractivity contribution in [3.8, 4) is 5.75 Å². The van der Waals surface area contributed by atoms with Crippen LogP contribution >= 0.6 is 0 Å². The third-order valence-corrected chi connectivity index (χ3v) is 4.64. The van der Waals surface area contributed by atoms with Gasteiger partial charge in [0.1, 0.15) is 5.75 Å². The monoisotopic (exact) mass is 292 g/mol. The van der Waals surface area contributed by atoms with Crippen LogP contribution in [0.3, 0.4) is 0 Å². The molecule has 1 fully saturated rings. The molecule has 21 heavy (non-hydrogen) atoms. The summed E-state index contributed by atoms with van der Waals surface area (Å²) in [7, 11) is 1.73. The molecule has 1 atom stereocenters. The molecule has 1 heterocycles. The Balaban J connectivity index is 1.94. The Kier molecular flexibility index (Phi) is 5.48. The molecule has 0 spiro atoms. The van der Waals surface area contributed by atoms with Gasteiger partial charge in [-0.05, 0) is 18.6 Å². The number of aliphatic hydroxyl groups is 1. The predicted molar refractivity (Wildman–Crippen MR) is 87.1 cm³/mol. The van der Waals surface area contributed by atoms with E-state index in [0.29, 0.717) is 0 Å². The first-order chi connectivity index (χ1) is 10.1. The van der Waals surface area contributed by atoms with E-state index in [0.717, 1.165) is 44.9 Å². The third kappa shape index (κ3) is 3.89. The van der Waals surface area contributed by atoms with Crippen molar-refractivity contribution in [3.63, 3.8) is 0 Å². The molecule has 0 bridgehead atoms. The molecule has 2 rings (SSSR count). The van der Waals surface area contributed by atoms with Crippen molar-refractivity contribution in [3.05, 3.63) is 24.3 Å². The number of nitrogens with zero attached hydrogens (tertiary/aromatic N) is 2. The van der Waals surface area contributed by atoms with E-state index >= 15 is 0 Å². The van der Waals surface area contributed by atoms with Crippen LogP contribution in [0.1, 0.15) is 20.3 Å². The number of benzene rings is 1. The molecule has 0 radical (unpaired) electrons. The minimum absolute atomic E-state index is 0.0204. The molecule has 1 aliphatic heterocycles. The van der Waals surface area contributed by atoms with Gasteiger partial charge in [-0.1, -0.05) is 26.0 Å². The number of hydrogen-bond donors (Lipinski definition) is 1. The molecular formula is C17H28N2O2. The zero-order chi connectivity index (χ0) is 15.3. The summed E-state index contributed by atoms with van der Waals surface area (Å²) in [5, 5.41) is 9.56. The van der Waals surface area contributed by atoms with Gasteiger partial charge in [-0.15, -0.1) is 0 Å². The Morgan fingerprint density at radius 3 is 2.43 bits per heavy atom. The summed E-state index contributed by atoms with van der Waals surface area (Å²) in [5.74, 6) is 0.944. The zero-order valence-corrected chi connectivity index (χ0v) is 13.5. The molecular weight excluding hydrogens is 264 g/mol. The van der Waals surface area contributed by atoms with Crippen molar-refractivity contribution < 1.29 is 9.84 Å². The van der Waals surface area contributed by atoms with E-state index < -0.39 is 0 Å². The Morgan fingerprint density at radius 1 is 1.19 bits per heavy atom. The number of hydrogen-bond acceptors (Lipinski definition) is 4. The Morgan fingerprint density at radius 2 is 1.86 bits per heavy atom. The second kappa shape index (κ2) is 7.14. The van der Waals surface area contributed by atoms with Crippen LogP contribution in [-0.2, 0) is 0 Å². The molecule has 1 unspecified atom stereocenters. The van der Waals surface area contributed by atoms with E-state index in [1.165, 1.54) is 5.69 Å². The number of aliphatic hydroxyl groups excluding tert-OH is 1. The lowest BCUT2D eigenvalue weighted by Gasteiger charge is -2.40. The first-order valence-electron chi connectivity index (χ1n) is 7.83. The van der Waals surface area contributed by atoms with Crippen LogP contribution in [-0.4, -0.2) is 56.4 Å². The van der Waals surface area contributed by atoms with E-state index in [2.05, 4.69) is 35.8 Å². The number of piperazine rings is 1. The van der Waals surface area contributed by atoms with Crippen LogP contribution in [0.4, 0.5) is 5.69 Å². The highest BCUT2D eigenvalue weighted by Crippen LogP contribution is 2.29. The molecule has 1 aromatic rings. The summed E-state index contributed by atoms with van der Waals surface area (Å²) in [6.07, 6.45) is 1.01. The fourth-order valence-corrected chi connectivity index (χ4v) is 2.85. The zero-order valence-electron chi connectivity index (χ0n) is 13.5. The maximum atomic E-state index is 9.56. The average molecular weight is 292 g/mol. The van der Waals surface area contributed by atoms with Crippen LogP contribution in [0.5, 0.6) is 5.75 Å². The van der Waals surface area contributed by atoms with Crippen molar-refractivity contribution in [2.24, 2.45) is 5.41 Å².